The molecule has 8 heteroatoms. The number of aromatic nitrogens is 3. The first-order chi connectivity index (χ1) is 14.2. The van der Waals surface area contributed by atoms with Crippen LogP contribution >= 0.6 is 0 Å². The number of amides is 2. The zero-order chi connectivity index (χ0) is 20.2. The van der Waals surface area contributed by atoms with Gasteiger partial charge in [0.2, 0.25) is 5.82 Å². The molecule has 0 bridgehead atoms. The predicted molar refractivity (Wildman–Crippen MR) is 109 cm³/mol. The molecule has 0 aliphatic rings. The van der Waals surface area contributed by atoms with Crippen molar-refractivity contribution in [3.63, 3.8) is 0 Å². The van der Waals surface area contributed by atoms with Crippen molar-refractivity contribution < 1.29 is 14.3 Å². The number of rotatable bonds is 6. The lowest BCUT2D eigenvalue weighted by atomic mass is 10.2. The highest BCUT2D eigenvalue weighted by Gasteiger charge is 2.21. The smallest absolute Gasteiger partial charge is 0.292 e. The van der Waals surface area contributed by atoms with Crippen LogP contribution in [0.3, 0.4) is 0 Å². The summed E-state index contributed by atoms with van der Waals surface area (Å²) in [6.45, 7) is 0.739. The van der Waals surface area contributed by atoms with E-state index in [1.807, 2.05) is 24.3 Å². The van der Waals surface area contributed by atoms with E-state index in [4.69, 9.17) is 4.74 Å². The number of hydrogen-bond acceptors (Lipinski definition) is 5. The number of ether oxygens (including phenoxy) is 1. The molecule has 0 aliphatic carbocycles. The van der Waals surface area contributed by atoms with E-state index >= 15 is 0 Å². The lowest BCUT2D eigenvalue weighted by Crippen LogP contribution is -2.27. The van der Waals surface area contributed by atoms with Crippen LogP contribution in [0.2, 0.25) is 0 Å². The van der Waals surface area contributed by atoms with Crippen LogP contribution < -0.4 is 10.6 Å². The van der Waals surface area contributed by atoms with E-state index < -0.39 is 5.91 Å². The van der Waals surface area contributed by atoms with Gasteiger partial charge in [0.1, 0.15) is 0 Å². The van der Waals surface area contributed by atoms with Crippen LogP contribution in [0.1, 0.15) is 21.1 Å². The predicted octanol–water partition coefficient (Wildman–Crippen LogP) is 2.51. The molecule has 0 spiro atoms. The van der Waals surface area contributed by atoms with Gasteiger partial charge in [0.15, 0.2) is 5.69 Å². The third-order valence-corrected chi connectivity index (χ3v) is 4.44. The number of carbonyl (C=O) groups is 2. The average molecular weight is 389 g/mol. The Hall–Kier alpha value is -3.78. The fourth-order valence-electron chi connectivity index (χ4n) is 3.10. The Morgan fingerprint density at radius 2 is 1.93 bits per heavy atom. The zero-order valence-corrected chi connectivity index (χ0v) is 15.8. The maximum Gasteiger partial charge on any atom is 0.292 e. The molecule has 8 nitrogen and oxygen atoms in total. The Bertz CT molecular complexity index is 1200. The normalized spacial score (nSPS) is 10.9. The van der Waals surface area contributed by atoms with Crippen LogP contribution in [0.5, 0.6) is 0 Å². The van der Waals surface area contributed by atoms with Crippen molar-refractivity contribution in [3.8, 4) is 0 Å². The number of imidazole rings is 1. The molecule has 0 aliphatic heterocycles. The first kappa shape index (κ1) is 18.6. The molecule has 3 heterocycles. The monoisotopic (exact) mass is 389 g/mol. The van der Waals surface area contributed by atoms with Crippen LogP contribution in [-0.4, -0.2) is 46.4 Å². The second-order valence-corrected chi connectivity index (χ2v) is 6.32. The van der Waals surface area contributed by atoms with Gasteiger partial charge < -0.3 is 15.4 Å². The third-order valence-electron chi connectivity index (χ3n) is 4.44. The summed E-state index contributed by atoms with van der Waals surface area (Å²) in [5.74, 6) is -0.678. The van der Waals surface area contributed by atoms with E-state index in [0.717, 1.165) is 5.39 Å². The Morgan fingerprint density at radius 3 is 2.79 bits per heavy atom. The number of methoxy groups -OCH3 is 1. The van der Waals surface area contributed by atoms with Crippen molar-refractivity contribution in [1.29, 1.82) is 0 Å². The van der Waals surface area contributed by atoms with E-state index in [9.17, 15) is 9.59 Å². The summed E-state index contributed by atoms with van der Waals surface area (Å²) in [4.78, 5) is 34.2. The summed E-state index contributed by atoms with van der Waals surface area (Å²) in [5, 5.41) is 6.51. The maximum absolute atomic E-state index is 13.0. The minimum Gasteiger partial charge on any atom is -0.383 e. The molecule has 2 amide bonds. The van der Waals surface area contributed by atoms with Crippen molar-refractivity contribution in [2.45, 2.75) is 0 Å². The minimum absolute atomic E-state index is 0.116. The first-order valence-electron chi connectivity index (χ1n) is 9.08. The molecule has 146 valence electrons. The molecule has 0 fully saturated rings. The molecule has 0 radical (unpaired) electrons. The quantitative estimate of drug-likeness (QED) is 0.494. The lowest BCUT2D eigenvalue weighted by Gasteiger charge is -2.07. The number of fused-ring (bicyclic) bond motifs is 2. The summed E-state index contributed by atoms with van der Waals surface area (Å²) in [6.07, 6.45) is 3.37. The van der Waals surface area contributed by atoms with Crippen molar-refractivity contribution in [2.24, 2.45) is 0 Å². The van der Waals surface area contributed by atoms with Crippen molar-refractivity contribution in [2.75, 3.05) is 25.6 Å². The van der Waals surface area contributed by atoms with Gasteiger partial charge in [-0.1, -0.05) is 24.3 Å². The fraction of sp³-hybridized carbons (Fsp3) is 0.143. The molecule has 3 aromatic heterocycles. The molecule has 4 rings (SSSR count). The SMILES string of the molecule is COCCNC(=O)c1nc(C(=O)Nc2cccc3cccnc23)n2ccccc12. The summed E-state index contributed by atoms with van der Waals surface area (Å²) in [7, 11) is 1.56. The average Bonchev–Trinajstić information content (AvgIpc) is 3.14. The number of benzene rings is 1. The van der Waals surface area contributed by atoms with Gasteiger partial charge in [0.25, 0.3) is 11.8 Å². The van der Waals surface area contributed by atoms with Gasteiger partial charge in [0.05, 0.1) is 23.3 Å². The highest BCUT2D eigenvalue weighted by molar-refractivity contribution is 6.08. The van der Waals surface area contributed by atoms with E-state index in [1.165, 1.54) is 0 Å². The number of hydrogen-bond donors (Lipinski definition) is 2. The molecule has 2 N–H and O–H groups in total. The summed E-state index contributed by atoms with van der Waals surface area (Å²) < 4.78 is 6.55. The molecule has 4 aromatic rings. The minimum atomic E-state index is -0.430. The summed E-state index contributed by atoms with van der Waals surface area (Å²) in [6, 6.07) is 14.6. The third kappa shape index (κ3) is 3.65. The van der Waals surface area contributed by atoms with Crippen molar-refractivity contribution in [1.82, 2.24) is 19.7 Å². The number of para-hydroxylation sites is 1. The van der Waals surface area contributed by atoms with Gasteiger partial charge in [-0.05, 0) is 24.3 Å². The summed E-state index contributed by atoms with van der Waals surface area (Å²) >= 11 is 0. The van der Waals surface area contributed by atoms with Crippen LogP contribution in [0.4, 0.5) is 5.69 Å². The van der Waals surface area contributed by atoms with Crippen LogP contribution in [0.25, 0.3) is 16.4 Å². The van der Waals surface area contributed by atoms with Gasteiger partial charge in [-0.3, -0.25) is 19.0 Å². The Kier molecular flexibility index (Phi) is 5.17. The fourth-order valence-corrected chi connectivity index (χ4v) is 3.10. The second kappa shape index (κ2) is 8.07. The number of nitrogens with zero attached hydrogens (tertiary/aromatic N) is 3. The molecule has 29 heavy (non-hydrogen) atoms. The molecular weight excluding hydrogens is 370 g/mol. The van der Waals surface area contributed by atoms with Crippen LogP contribution in [0, 0.1) is 0 Å². The Morgan fingerprint density at radius 1 is 1.07 bits per heavy atom. The van der Waals surface area contributed by atoms with Gasteiger partial charge in [-0.25, -0.2) is 4.98 Å². The van der Waals surface area contributed by atoms with Crippen LogP contribution in [-0.2, 0) is 4.74 Å². The van der Waals surface area contributed by atoms with E-state index in [1.54, 1.807) is 48.2 Å². The van der Waals surface area contributed by atoms with E-state index in [0.29, 0.717) is 29.9 Å². The van der Waals surface area contributed by atoms with Crippen LogP contribution in [0.15, 0.2) is 60.9 Å². The van der Waals surface area contributed by atoms with E-state index in [-0.39, 0.29) is 17.4 Å². The van der Waals surface area contributed by atoms with Gasteiger partial charge in [-0.15, -0.1) is 0 Å². The summed E-state index contributed by atoms with van der Waals surface area (Å²) in [5.41, 5.74) is 1.99. The molecule has 0 atom stereocenters. The highest BCUT2D eigenvalue weighted by atomic mass is 16.5. The molecule has 1 aromatic carbocycles. The number of anilines is 1. The van der Waals surface area contributed by atoms with Gasteiger partial charge >= 0.3 is 0 Å². The molecule has 0 saturated carbocycles. The van der Waals surface area contributed by atoms with Gasteiger partial charge in [-0.2, -0.15) is 0 Å². The van der Waals surface area contributed by atoms with Crippen molar-refractivity contribution in [3.05, 3.63) is 72.4 Å². The Labute approximate surface area is 166 Å². The molecule has 0 unspecified atom stereocenters. The number of nitrogens with one attached hydrogen (secondary N) is 2. The van der Waals surface area contributed by atoms with Crippen molar-refractivity contribution >= 4 is 33.9 Å². The van der Waals surface area contributed by atoms with E-state index in [2.05, 4.69) is 20.6 Å². The second-order valence-electron chi connectivity index (χ2n) is 6.32. The highest BCUT2D eigenvalue weighted by Crippen LogP contribution is 2.22. The number of pyridine rings is 2. The molecule has 0 saturated heterocycles. The standard InChI is InChI=1S/C21H19N5O3/c1-29-13-11-23-20(27)18-16-9-2-3-12-26(16)19(25-18)21(28)24-15-8-4-6-14-7-5-10-22-17(14)15/h2-10,12H,11,13H2,1H3,(H,23,27)(H,24,28). The zero-order valence-electron chi connectivity index (χ0n) is 15.8. The largest absolute Gasteiger partial charge is 0.383 e. The molecular formula is C21H19N5O3. The first-order valence-corrected chi connectivity index (χ1v) is 9.08. The topological polar surface area (TPSA) is 97.6 Å². The number of carbonyl (C=O) groups excluding carboxylic acids is 2. The van der Waals surface area contributed by atoms with Gasteiger partial charge in [0, 0.05) is 31.4 Å². The maximum atomic E-state index is 13.0. The lowest BCUT2D eigenvalue weighted by molar-refractivity contribution is 0.0934. The Balaban J connectivity index is 1.68.